The molecule has 0 amide bonds. The van der Waals surface area contributed by atoms with Crippen molar-refractivity contribution in [1.82, 2.24) is 29.1 Å². The molecule has 0 unspecified atom stereocenters. The van der Waals surface area contributed by atoms with E-state index in [1.807, 2.05) is 36.3 Å². The Kier molecular flexibility index (Phi) is 2.16. The zero-order valence-corrected chi connectivity index (χ0v) is 10.6. The lowest BCUT2D eigenvalue weighted by atomic mass is 10.4. The van der Waals surface area contributed by atoms with Crippen LogP contribution in [0.25, 0.3) is 16.9 Å². The molecule has 0 bridgehead atoms. The summed E-state index contributed by atoms with van der Waals surface area (Å²) in [6, 6.07) is 0. The number of aryl methyl sites for hydroxylation is 3. The van der Waals surface area contributed by atoms with Crippen LogP contribution in [0.5, 0.6) is 0 Å². The number of fused-ring (bicyclic) bond motifs is 1. The topological polar surface area (TPSA) is 79.5 Å². The highest BCUT2D eigenvalue weighted by Crippen LogP contribution is 2.24. The highest BCUT2D eigenvalue weighted by Gasteiger charge is 2.18. The number of nitrogen functional groups attached to an aromatic ring is 1. The second kappa shape index (κ2) is 3.59. The van der Waals surface area contributed by atoms with Gasteiger partial charge in [0.2, 0.25) is 5.95 Å². The third-order valence-corrected chi connectivity index (χ3v) is 2.99. The number of hydrogen-bond acceptors (Lipinski definition) is 4. The molecule has 3 heterocycles. The van der Waals surface area contributed by atoms with Gasteiger partial charge in [0.25, 0.3) is 0 Å². The number of hydrogen-bond donors (Lipinski definition) is 1. The van der Waals surface area contributed by atoms with Crippen LogP contribution in [0.15, 0.2) is 12.4 Å². The number of anilines is 1. The van der Waals surface area contributed by atoms with Crippen LogP contribution in [0.3, 0.4) is 0 Å². The molecule has 94 valence electrons. The van der Waals surface area contributed by atoms with Gasteiger partial charge < -0.3 is 5.73 Å². The van der Waals surface area contributed by atoms with Crippen LogP contribution in [0, 0.1) is 6.92 Å². The lowest BCUT2D eigenvalue weighted by Gasteiger charge is -2.04. The number of nitrogens with zero attached hydrogens (tertiary/aromatic N) is 6. The second-order valence-corrected chi connectivity index (χ2v) is 4.25. The Morgan fingerprint density at radius 3 is 2.78 bits per heavy atom. The molecule has 3 aromatic heterocycles. The maximum absolute atomic E-state index is 6.01. The summed E-state index contributed by atoms with van der Waals surface area (Å²) in [4.78, 5) is 4.39. The average molecular weight is 245 g/mol. The summed E-state index contributed by atoms with van der Waals surface area (Å²) in [5.74, 6) is 0.459. The van der Waals surface area contributed by atoms with E-state index in [-0.39, 0.29) is 0 Å². The van der Waals surface area contributed by atoms with Crippen LogP contribution in [-0.4, -0.2) is 29.1 Å². The van der Waals surface area contributed by atoms with E-state index in [2.05, 4.69) is 15.2 Å². The number of aromatic nitrogens is 6. The molecule has 0 spiro atoms. The van der Waals surface area contributed by atoms with Crippen LogP contribution in [0.4, 0.5) is 5.95 Å². The first-order chi connectivity index (χ1) is 8.61. The summed E-state index contributed by atoms with van der Waals surface area (Å²) in [6.45, 7) is 4.76. The van der Waals surface area contributed by atoms with Gasteiger partial charge in [0, 0.05) is 19.8 Å². The van der Waals surface area contributed by atoms with Crippen LogP contribution in [0.1, 0.15) is 12.6 Å². The van der Waals surface area contributed by atoms with Gasteiger partial charge in [-0.25, -0.2) is 9.67 Å². The minimum Gasteiger partial charge on any atom is -0.369 e. The summed E-state index contributed by atoms with van der Waals surface area (Å²) in [7, 11) is 1.87. The largest absolute Gasteiger partial charge is 0.369 e. The van der Waals surface area contributed by atoms with Crippen molar-refractivity contribution < 1.29 is 0 Å². The van der Waals surface area contributed by atoms with Crippen molar-refractivity contribution in [2.45, 2.75) is 20.4 Å². The Morgan fingerprint density at radius 2 is 2.17 bits per heavy atom. The fourth-order valence-corrected chi connectivity index (χ4v) is 2.18. The molecule has 0 aliphatic heterocycles. The first-order valence-electron chi connectivity index (χ1n) is 5.82. The summed E-state index contributed by atoms with van der Waals surface area (Å²) in [6.07, 6.45) is 3.67. The van der Waals surface area contributed by atoms with Gasteiger partial charge in [-0.2, -0.15) is 10.2 Å². The molecule has 3 rings (SSSR count). The Labute approximate surface area is 104 Å². The van der Waals surface area contributed by atoms with Gasteiger partial charge in [-0.05, 0) is 13.8 Å². The number of imidazole rings is 1. The Bertz CT molecular complexity index is 715. The molecule has 0 aromatic carbocycles. The molecule has 0 atom stereocenters. The highest BCUT2D eigenvalue weighted by atomic mass is 15.4. The summed E-state index contributed by atoms with van der Waals surface area (Å²) in [5, 5.41) is 8.62. The van der Waals surface area contributed by atoms with Gasteiger partial charge in [0.05, 0.1) is 17.6 Å². The molecule has 0 aliphatic carbocycles. The minimum atomic E-state index is 0.459. The standard InChI is InChI=1S/C11H15N7/c1-4-17-10-9(7(2)15-17)14-11(12)18(10)8-5-13-16(3)6-8/h5-6H,4H2,1-3H3,(H2,12,14). The zero-order valence-electron chi connectivity index (χ0n) is 10.6. The normalized spacial score (nSPS) is 11.5. The van der Waals surface area contributed by atoms with E-state index in [9.17, 15) is 0 Å². The summed E-state index contributed by atoms with van der Waals surface area (Å²) < 4.78 is 5.52. The third-order valence-electron chi connectivity index (χ3n) is 2.99. The van der Waals surface area contributed by atoms with E-state index in [4.69, 9.17) is 5.73 Å². The molecule has 0 fully saturated rings. The lowest BCUT2D eigenvalue weighted by Crippen LogP contribution is -2.06. The lowest BCUT2D eigenvalue weighted by molar-refractivity contribution is 0.663. The van der Waals surface area contributed by atoms with Crippen LogP contribution in [0.2, 0.25) is 0 Å². The summed E-state index contributed by atoms with van der Waals surface area (Å²) in [5.41, 5.74) is 9.55. The Balaban J connectivity index is 2.37. The van der Waals surface area contributed by atoms with Crippen molar-refractivity contribution >= 4 is 17.1 Å². The van der Waals surface area contributed by atoms with E-state index >= 15 is 0 Å². The maximum atomic E-state index is 6.01. The van der Waals surface area contributed by atoms with E-state index in [1.54, 1.807) is 10.9 Å². The molecule has 0 saturated heterocycles. The SMILES string of the molecule is CCn1nc(C)c2nc(N)n(-c3cnn(C)c3)c21. The molecule has 7 heteroatoms. The van der Waals surface area contributed by atoms with Crippen molar-refractivity contribution in [2.24, 2.45) is 7.05 Å². The van der Waals surface area contributed by atoms with Crippen LogP contribution in [-0.2, 0) is 13.6 Å². The fraction of sp³-hybridized carbons (Fsp3) is 0.364. The van der Waals surface area contributed by atoms with E-state index in [0.717, 1.165) is 29.1 Å². The molecular weight excluding hydrogens is 230 g/mol. The van der Waals surface area contributed by atoms with Gasteiger partial charge in [-0.15, -0.1) is 0 Å². The summed E-state index contributed by atoms with van der Waals surface area (Å²) >= 11 is 0. The van der Waals surface area contributed by atoms with Crippen LogP contribution >= 0.6 is 0 Å². The van der Waals surface area contributed by atoms with Crippen LogP contribution < -0.4 is 5.73 Å². The van der Waals surface area contributed by atoms with Gasteiger partial charge in [-0.1, -0.05) is 0 Å². The molecule has 2 N–H and O–H groups in total. The van der Waals surface area contributed by atoms with Crippen molar-refractivity contribution in [3.8, 4) is 5.69 Å². The number of rotatable bonds is 2. The number of nitrogens with two attached hydrogens (primary N) is 1. The van der Waals surface area contributed by atoms with Crippen molar-refractivity contribution in [1.29, 1.82) is 0 Å². The maximum Gasteiger partial charge on any atom is 0.207 e. The smallest absolute Gasteiger partial charge is 0.207 e. The van der Waals surface area contributed by atoms with Gasteiger partial charge in [0.15, 0.2) is 5.65 Å². The molecule has 0 saturated carbocycles. The van der Waals surface area contributed by atoms with Gasteiger partial charge >= 0.3 is 0 Å². The van der Waals surface area contributed by atoms with Gasteiger partial charge in [0.1, 0.15) is 5.52 Å². The Morgan fingerprint density at radius 1 is 1.39 bits per heavy atom. The third kappa shape index (κ3) is 1.33. The predicted molar refractivity (Wildman–Crippen MR) is 68.4 cm³/mol. The minimum absolute atomic E-state index is 0.459. The Hall–Kier alpha value is -2.31. The van der Waals surface area contributed by atoms with E-state index in [1.165, 1.54) is 0 Å². The quantitative estimate of drug-likeness (QED) is 0.726. The average Bonchev–Trinajstić information content (AvgIpc) is 2.96. The van der Waals surface area contributed by atoms with E-state index < -0.39 is 0 Å². The van der Waals surface area contributed by atoms with Crippen molar-refractivity contribution in [2.75, 3.05) is 5.73 Å². The van der Waals surface area contributed by atoms with Crippen molar-refractivity contribution in [3.63, 3.8) is 0 Å². The molecule has 3 aromatic rings. The van der Waals surface area contributed by atoms with E-state index in [0.29, 0.717) is 5.95 Å². The molecule has 0 aliphatic rings. The van der Waals surface area contributed by atoms with Crippen molar-refractivity contribution in [3.05, 3.63) is 18.1 Å². The molecule has 18 heavy (non-hydrogen) atoms. The fourth-order valence-electron chi connectivity index (χ4n) is 2.18. The monoisotopic (exact) mass is 245 g/mol. The van der Waals surface area contributed by atoms with Gasteiger partial charge in [-0.3, -0.25) is 9.25 Å². The first kappa shape index (κ1) is 10.8. The molecule has 0 radical (unpaired) electrons. The molecule has 7 nitrogen and oxygen atoms in total. The second-order valence-electron chi connectivity index (χ2n) is 4.25. The molecular formula is C11H15N7. The zero-order chi connectivity index (χ0) is 12.9. The predicted octanol–water partition coefficient (Wildman–Crippen LogP) is 0.866. The first-order valence-corrected chi connectivity index (χ1v) is 5.82. The highest BCUT2D eigenvalue weighted by molar-refractivity contribution is 5.79.